The van der Waals surface area contributed by atoms with Gasteiger partial charge in [0.1, 0.15) is 9.21 Å². The monoisotopic (exact) mass is 647 g/mol. The summed E-state index contributed by atoms with van der Waals surface area (Å²) in [5.41, 5.74) is 0.0238. The molecule has 0 radical (unpaired) electrons. The molecule has 3 saturated carbocycles. The molecule has 14 heteroatoms. The highest BCUT2D eigenvalue weighted by molar-refractivity contribution is 9.13. The van der Waals surface area contributed by atoms with Crippen molar-refractivity contribution in [3.63, 3.8) is 0 Å². The van der Waals surface area contributed by atoms with Crippen molar-refractivity contribution < 1.29 is 9.90 Å². The van der Waals surface area contributed by atoms with E-state index < -0.39 is 5.97 Å². The molecule has 0 atom stereocenters. The van der Waals surface area contributed by atoms with E-state index in [1.165, 1.54) is 44.7 Å². The maximum absolute atomic E-state index is 10.4. The molecule has 0 unspecified atom stereocenters. The highest BCUT2D eigenvalue weighted by Crippen LogP contribution is 2.32. The van der Waals surface area contributed by atoms with Gasteiger partial charge < -0.3 is 5.11 Å². The van der Waals surface area contributed by atoms with E-state index in [-0.39, 0.29) is 5.69 Å². The van der Waals surface area contributed by atoms with Gasteiger partial charge in [-0.15, -0.1) is 15.3 Å². The van der Waals surface area contributed by atoms with E-state index in [4.69, 9.17) is 5.11 Å². The van der Waals surface area contributed by atoms with Crippen molar-refractivity contribution in [3.05, 3.63) is 31.9 Å². The number of carboxylic acid groups (broad SMARTS) is 1. The van der Waals surface area contributed by atoms with E-state index in [1.807, 2.05) is 15.6 Å². The highest BCUT2D eigenvalue weighted by Gasteiger charge is 2.24. The summed E-state index contributed by atoms with van der Waals surface area (Å²) in [5, 5.41) is 31.3. The standard InChI is InChI=1S/C7H9N3O2.C6H7Br2N3.C6H8BrN3/c11-7(12)6-4-10(9-8-6)3-5-1-2-5;7-5-6(8)11(10-9-5)3-4-1-2-4;7-6-4-10(9-8-6)3-5-1-2-5/h4-5H,1-3H2,(H,11,12);4H,1-3H2;4-5H,1-3H2. The van der Waals surface area contributed by atoms with Gasteiger partial charge in [0.2, 0.25) is 0 Å². The van der Waals surface area contributed by atoms with E-state index in [0.29, 0.717) is 5.92 Å². The van der Waals surface area contributed by atoms with Crippen LogP contribution in [-0.2, 0) is 19.6 Å². The molecule has 3 fully saturated rings. The number of rotatable bonds is 7. The Balaban J connectivity index is 0.000000118. The molecular formula is C19H24Br3N9O2. The largest absolute Gasteiger partial charge is 0.476 e. The van der Waals surface area contributed by atoms with Gasteiger partial charge in [0.05, 0.1) is 12.4 Å². The van der Waals surface area contributed by atoms with Crippen LogP contribution in [0.2, 0.25) is 0 Å². The third kappa shape index (κ3) is 8.25. The van der Waals surface area contributed by atoms with Crippen molar-refractivity contribution in [2.75, 3.05) is 0 Å². The summed E-state index contributed by atoms with van der Waals surface area (Å²) >= 11 is 9.93. The average molecular weight is 650 g/mol. The number of carbonyl (C=O) groups is 1. The lowest BCUT2D eigenvalue weighted by molar-refractivity contribution is 0.0690. The first kappa shape index (κ1) is 24.5. The highest BCUT2D eigenvalue weighted by atomic mass is 79.9. The maximum atomic E-state index is 10.4. The van der Waals surface area contributed by atoms with Gasteiger partial charge in [0.25, 0.3) is 0 Å². The molecule has 11 nitrogen and oxygen atoms in total. The number of halogens is 3. The quantitative estimate of drug-likeness (QED) is 0.406. The summed E-state index contributed by atoms with van der Waals surface area (Å²) in [6.07, 6.45) is 11.2. The minimum absolute atomic E-state index is 0.0238. The van der Waals surface area contributed by atoms with Crippen molar-refractivity contribution in [1.29, 1.82) is 0 Å². The second-order valence-corrected chi connectivity index (χ2v) is 10.9. The van der Waals surface area contributed by atoms with E-state index in [0.717, 1.165) is 45.3 Å². The Bertz CT molecular complexity index is 1070. The SMILES string of the molecule is Brc1cn(CC2CC2)nn1.Brc1nnn(CC2CC2)c1Br.O=C(O)c1cn(CC2CC2)nn1. The molecule has 3 aliphatic rings. The minimum atomic E-state index is -1.02. The summed E-state index contributed by atoms with van der Waals surface area (Å²) in [4.78, 5) is 10.4. The fourth-order valence-electron chi connectivity index (χ4n) is 2.92. The van der Waals surface area contributed by atoms with E-state index in [9.17, 15) is 4.79 Å². The Morgan fingerprint density at radius 1 is 0.818 bits per heavy atom. The molecule has 0 spiro atoms. The van der Waals surface area contributed by atoms with E-state index in [1.54, 1.807) is 4.68 Å². The van der Waals surface area contributed by atoms with Crippen LogP contribution in [0.1, 0.15) is 49.0 Å². The lowest BCUT2D eigenvalue weighted by atomic mass is 10.4. The van der Waals surface area contributed by atoms with Crippen LogP contribution < -0.4 is 0 Å². The number of nitrogens with zero attached hydrogens (tertiary/aromatic N) is 9. The molecule has 0 amide bonds. The smallest absolute Gasteiger partial charge is 0.358 e. The Morgan fingerprint density at radius 2 is 1.36 bits per heavy atom. The molecule has 3 aromatic rings. The number of hydrogen-bond acceptors (Lipinski definition) is 7. The van der Waals surface area contributed by atoms with Gasteiger partial charge in [-0.25, -0.2) is 9.48 Å². The number of aromatic carboxylic acids is 1. The zero-order valence-electron chi connectivity index (χ0n) is 17.8. The van der Waals surface area contributed by atoms with Crippen LogP contribution in [0, 0.1) is 17.8 Å². The lowest BCUT2D eigenvalue weighted by Gasteiger charge is -1.97. The predicted molar refractivity (Wildman–Crippen MR) is 128 cm³/mol. The number of aromatic nitrogens is 9. The van der Waals surface area contributed by atoms with Crippen LogP contribution in [0.15, 0.2) is 26.2 Å². The van der Waals surface area contributed by atoms with Gasteiger partial charge in [0, 0.05) is 19.6 Å². The van der Waals surface area contributed by atoms with Gasteiger partial charge in [-0.1, -0.05) is 15.6 Å². The Hall–Kier alpha value is -1.67. The molecule has 0 saturated heterocycles. The minimum Gasteiger partial charge on any atom is -0.476 e. The lowest BCUT2D eigenvalue weighted by Crippen LogP contribution is -2.01. The average Bonchev–Trinajstić information content (AvgIpc) is 3.71. The van der Waals surface area contributed by atoms with Gasteiger partial charge in [0.15, 0.2) is 10.3 Å². The molecule has 0 aromatic carbocycles. The molecular weight excluding hydrogens is 626 g/mol. The molecule has 3 heterocycles. The zero-order valence-corrected chi connectivity index (χ0v) is 22.5. The number of hydrogen-bond donors (Lipinski definition) is 1. The third-order valence-corrected chi connectivity index (χ3v) is 7.53. The van der Waals surface area contributed by atoms with Crippen molar-refractivity contribution in [1.82, 2.24) is 45.0 Å². The van der Waals surface area contributed by atoms with Crippen LogP contribution in [0.25, 0.3) is 0 Å². The summed E-state index contributed by atoms with van der Waals surface area (Å²) in [7, 11) is 0. The van der Waals surface area contributed by atoms with Gasteiger partial charge >= 0.3 is 5.97 Å². The Labute approximate surface area is 215 Å². The van der Waals surface area contributed by atoms with E-state index >= 15 is 0 Å². The van der Waals surface area contributed by atoms with Crippen LogP contribution in [0.3, 0.4) is 0 Å². The number of carboxylic acids is 1. The van der Waals surface area contributed by atoms with Crippen molar-refractivity contribution in [2.24, 2.45) is 17.8 Å². The first-order valence-corrected chi connectivity index (χ1v) is 13.2. The fourth-order valence-corrected chi connectivity index (χ4v) is 3.80. The summed E-state index contributed by atoms with van der Waals surface area (Å²) in [6.45, 7) is 2.85. The first-order valence-electron chi connectivity index (χ1n) is 10.8. The van der Waals surface area contributed by atoms with Crippen molar-refractivity contribution in [3.8, 4) is 0 Å². The Kier molecular flexibility index (Phi) is 8.28. The molecule has 178 valence electrons. The molecule has 0 aliphatic heterocycles. The van der Waals surface area contributed by atoms with Gasteiger partial charge in [-0.2, -0.15) is 0 Å². The molecule has 6 rings (SSSR count). The molecule has 33 heavy (non-hydrogen) atoms. The van der Waals surface area contributed by atoms with Crippen LogP contribution in [0.4, 0.5) is 0 Å². The second kappa shape index (κ2) is 11.2. The topological polar surface area (TPSA) is 129 Å². The van der Waals surface area contributed by atoms with Crippen molar-refractivity contribution in [2.45, 2.75) is 58.2 Å². The van der Waals surface area contributed by atoms with E-state index in [2.05, 4.69) is 78.7 Å². The maximum Gasteiger partial charge on any atom is 0.358 e. The van der Waals surface area contributed by atoms with Gasteiger partial charge in [-0.05, 0) is 104 Å². The molecule has 0 bridgehead atoms. The molecule has 3 aliphatic carbocycles. The van der Waals surface area contributed by atoms with Crippen LogP contribution >= 0.6 is 47.8 Å². The normalized spacial score (nSPS) is 17.1. The summed E-state index contributed by atoms with van der Waals surface area (Å²) in [5.74, 6) is 1.37. The summed E-state index contributed by atoms with van der Waals surface area (Å²) < 4.78 is 7.95. The first-order chi connectivity index (χ1) is 15.9. The zero-order chi connectivity index (χ0) is 23.4. The molecule has 3 aromatic heterocycles. The van der Waals surface area contributed by atoms with Crippen LogP contribution in [-0.4, -0.2) is 56.1 Å². The van der Waals surface area contributed by atoms with Crippen molar-refractivity contribution >= 4 is 53.8 Å². The van der Waals surface area contributed by atoms with Gasteiger partial charge in [-0.3, -0.25) is 9.36 Å². The fraction of sp³-hybridized carbons (Fsp3) is 0.632. The summed E-state index contributed by atoms with van der Waals surface area (Å²) in [6, 6.07) is 0. The Morgan fingerprint density at radius 3 is 1.79 bits per heavy atom. The van der Waals surface area contributed by atoms with Crippen LogP contribution in [0.5, 0.6) is 0 Å². The molecule has 1 N–H and O–H groups in total. The third-order valence-electron chi connectivity index (χ3n) is 5.32. The second-order valence-electron chi connectivity index (χ2n) is 8.58. The predicted octanol–water partition coefficient (Wildman–Crippen LogP) is 4.05.